The third-order valence-electron chi connectivity index (χ3n) is 7.47. The molecule has 0 bridgehead atoms. The molecule has 0 unspecified atom stereocenters. The summed E-state index contributed by atoms with van der Waals surface area (Å²) in [6.45, 7) is 0. The minimum absolute atomic E-state index is 0. The predicted octanol–water partition coefficient (Wildman–Crippen LogP) is 6.84. The van der Waals surface area contributed by atoms with Crippen LogP contribution in [0.5, 0.6) is 0 Å². The van der Waals surface area contributed by atoms with Gasteiger partial charge in [-0.2, -0.15) is 0 Å². The quantitative estimate of drug-likeness (QED) is 0.0761. The average Bonchev–Trinajstić information content (AvgIpc) is 2.94. The van der Waals surface area contributed by atoms with Crippen LogP contribution in [-0.4, -0.2) is 11.5 Å². The highest BCUT2D eigenvalue weighted by atomic mass is 79.9. The van der Waals surface area contributed by atoms with Gasteiger partial charge in [0.2, 0.25) is 0 Å². The van der Waals surface area contributed by atoms with Crippen molar-refractivity contribution in [3.63, 3.8) is 0 Å². The predicted molar refractivity (Wildman–Crippen MR) is 168 cm³/mol. The maximum absolute atomic E-state index is 3.53. The van der Waals surface area contributed by atoms with Crippen molar-refractivity contribution in [1.82, 2.24) is 0 Å². The smallest absolute Gasteiger partial charge is 0.112 e. The van der Waals surface area contributed by atoms with Gasteiger partial charge in [0.15, 0.2) is 0 Å². The Morgan fingerprint density at radius 1 is 0.378 bits per heavy atom. The summed E-state index contributed by atoms with van der Waals surface area (Å²) in [6.07, 6.45) is 20.9. The number of alkyl halides is 1. The topological polar surface area (TPSA) is 0 Å². The number of unbranched alkanes of at least 4 members (excludes halogenated alkanes) is 13. The first kappa shape index (κ1) is 32.3. The Morgan fingerprint density at radius 2 is 0.649 bits per heavy atom. The minimum atomic E-state index is -1.64. The second-order valence-corrected chi connectivity index (χ2v) is 14.6. The van der Waals surface area contributed by atoms with Crippen molar-refractivity contribution in [3.05, 3.63) is 91.0 Å². The van der Waals surface area contributed by atoms with Crippen molar-refractivity contribution in [2.24, 2.45) is 0 Å². The second-order valence-electron chi connectivity index (χ2n) is 10.2. The van der Waals surface area contributed by atoms with Gasteiger partial charge in [0.25, 0.3) is 0 Å². The highest BCUT2D eigenvalue weighted by molar-refractivity contribution is 9.09. The van der Waals surface area contributed by atoms with E-state index in [-0.39, 0.29) is 17.0 Å². The van der Waals surface area contributed by atoms with E-state index >= 15 is 0 Å². The molecule has 3 rings (SSSR count). The molecule has 0 amide bonds. The summed E-state index contributed by atoms with van der Waals surface area (Å²) >= 11 is 3.53. The molecule has 37 heavy (non-hydrogen) atoms. The highest BCUT2D eigenvalue weighted by Crippen LogP contribution is 2.56. The van der Waals surface area contributed by atoms with E-state index in [1.54, 1.807) is 0 Å². The van der Waals surface area contributed by atoms with E-state index in [1.165, 1.54) is 117 Å². The Morgan fingerprint density at radius 3 is 0.946 bits per heavy atom. The number of rotatable bonds is 19. The molecular weight excluding hydrogens is 599 g/mol. The third kappa shape index (κ3) is 11.0. The summed E-state index contributed by atoms with van der Waals surface area (Å²) in [6, 6.07) is 34.0. The summed E-state index contributed by atoms with van der Waals surface area (Å²) in [5.74, 6) is 0. The maximum atomic E-state index is 3.53. The second kappa shape index (κ2) is 20.0. The molecule has 0 heterocycles. The molecule has 0 fully saturated rings. The molecule has 3 aromatic rings. The number of hydrogen-bond donors (Lipinski definition) is 0. The molecule has 0 saturated heterocycles. The van der Waals surface area contributed by atoms with Crippen LogP contribution in [0, 0.1) is 0 Å². The van der Waals surface area contributed by atoms with Crippen molar-refractivity contribution in [3.8, 4) is 0 Å². The molecule has 0 nitrogen and oxygen atoms in total. The number of benzene rings is 3. The van der Waals surface area contributed by atoms with Crippen LogP contribution in [0.3, 0.4) is 0 Å². The fraction of sp³-hybridized carbons (Fsp3) is 0.471. The minimum Gasteiger partial charge on any atom is -1.00 e. The van der Waals surface area contributed by atoms with E-state index in [9.17, 15) is 0 Å². The van der Waals surface area contributed by atoms with Gasteiger partial charge in [0, 0.05) is 5.33 Å². The molecule has 0 N–H and O–H groups in total. The van der Waals surface area contributed by atoms with Gasteiger partial charge < -0.3 is 17.0 Å². The molecule has 0 aliphatic carbocycles. The van der Waals surface area contributed by atoms with Gasteiger partial charge in [-0.15, -0.1) is 0 Å². The molecular formula is C34H47Br2P. The van der Waals surface area contributed by atoms with E-state index < -0.39 is 7.26 Å². The Kier molecular flexibility index (Phi) is 17.5. The molecule has 0 aromatic heterocycles. The molecule has 0 aliphatic rings. The molecule has 0 radical (unpaired) electrons. The lowest BCUT2D eigenvalue weighted by Crippen LogP contribution is -3.00. The van der Waals surface area contributed by atoms with Crippen LogP contribution in [-0.2, 0) is 0 Å². The Bertz CT molecular complexity index is 818. The van der Waals surface area contributed by atoms with E-state index in [2.05, 4.69) is 107 Å². The van der Waals surface area contributed by atoms with Crippen molar-refractivity contribution < 1.29 is 17.0 Å². The Labute approximate surface area is 247 Å². The first-order valence-electron chi connectivity index (χ1n) is 14.5. The Balaban J connectivity index is 0.00000481. The van der Waals surface area contributed by atoms with Crippen LogP contribution in [0.4, 0.5) is 0 Å². The van der Waals surface area contributed by atoms with E-state index in [4.69, 9.17) is 0 Å². The summed E-state index contributed by atoms with van der Waals surface area (Å²) in [5, 5.41) is 5.73. The van der Waals surface area contributed by atoms with Gasteiger partial charge >= 0.3 is 0 Å². The van der Waals surface area contributed by atoms with E-state index in [1.807, 2.05) is 0 Å². The molecule has 3 aromatic carbocycles. The maximum Gasteiger partial charge on any atom is 0.112 e. The van der Waals surface area contributed by atoms with E-state index in [0.29, 0.717) is 0 Å². The fourth-order valence-electron chi connectivity index (χ4n) is 5.45. The molecule has 0 saturated carbocycles. The zero-order valence-electron chi connectivity index (χ0n) is 22.7. The normalized spacial score (nSPS) is 11.3. The average molecular weight is 647 g/mol. The lowest BCUT2D eigenvalue weighted by molar-refractivity contribution is -0.00000722. The van der Waals surface area contributed by atoms with Crippen LogP contribution in [0.2, 0.25) is 0 Å². The van der Waals surface area contributed by atoms with Gasteiger partial charge in [-0.05, 0) is 55.7 Å². The molecule has 0 aliphatic heterocycles. The molecule has 0 atom stereocenters. The largest absolute Gasteiger partial charge is 1.00 e. The monoisotopic (exact) mass is 644 g/mol. The van der Waals surface area contributed by atoms with Crippen molar-refractivity contribution >= 4 is 39.1 Å². The third-order valence-corrected chi connectivity index (χ3v) is 12.6. The molecule has 3 heteroatoms. The van der Waals surface area contributed by atoms with Gasteiger partial charge in [-0.1, -0.05) is 141 Å². The van der Waals surface area contributed by atoms with Crippen LogP contribution in [0.1, 0.15) is 89.9 Å². The van der Waals surface area contributed by atoms with Crippen molar-refractivity contribution in [1.29, 1.82) is 0 Å². The fourth-order valence-corrected chi connectivity index (χ4v) is 10.3. The molecule has 202 valence electrons. The zero-order valence-corrected chi connectivity index (χ0v) is 26.7. The van der Waals surface area contributed by atoms with Crippen LogP contribution >= 0.6 is 23.2 Å². The number of hydrogen-bond acceptors (Lipinski definition) is 0. The van der Waals surface area contributed by atoms with Crippen molar-refractivity contribution in [2.45, 2.75) is 89.9 Å². The standard InChI is InChI=1S/C34H47BrP.BrH/c35-30-22-11-9-7-5-3-1-2-4-6-8-10-12-23-31-36(32-24-16-13-17-25-32,33-26-18-14-19-27-33)34-28-20-15-21-29-34;/h13-21,24-29H,1-12,22-23,30-31H2;1H/q+1;/p-1. The van der Waals surface area contributed by atoms with Crippen LogP contribution in [0.25, 0.3) is 0 Å². The lowest BCUT2D eigenvalue weighted by atomic mass is 10.0. The summed E-state index contributed by atoms with van der Waals surface area (Å²) in [5.41, 5.74) is 0. The SMILES string of the molecule is BrCCCCCCCCCCCCCCCC[P+](c1ccccc1)(c1ccccc1)c1ccccc1.[Br-]. The summed E-state index contributed by atoms with van der Waals surface area (Å²) < 4.78 is 0. The van der Waals surface area contributed by atoms with Crippen molar-refractivity contribution in [2.75, 3.05) is 11.5 Å². The van der Waals surface area contributed by atoms with Gasteiger partial charge in [0.1, 0.15) is 23.2 Å². The first-order valence-corrected chi connectivity index (χ1v) is 17.6. The highest BCUT2D eigenvalue weighted by Gasteiger charge is 2.44. The van der Waals surface area contributed by atoms with Crippen LogP contribution < -0.4 is 32.9 Å². The molecule has 0 spiro atoms. The first-order chi connectivity index (χ1) is 17.9. The lowest BCUT2D eigenvalue weighted by Gasteiger charge is -2.27. The zero-order chi connectivity index (χ0) is 25.2. The van der Waals surface area contributed by atoms with Crippen LogP contribution in [0.15, 0.2) is 91.0 Å². The van der Waals surface area contributed by atoms with Gasteiger partial charge in [0.05, 0.1) is 6.16 Å². The number of halogens is 2. The Hall–Kier alpha value is -0.950. The van der Waals surface area contributed by atoms with E-state index in [0.717, 1.165) is 0 Å². The van der Waals surface area contributed by atoms with Gasteiger partial charge in [-0.3, -0.25) is 0 Å². The summed E-state index contributed by atoms with van der Waals surface area (Å²) in [4.78, 5) is 0. The summed E-state index contributed by atoms with van der Waals surface area (Å²) in [7, 11) is -1.64. The van der Waals surface area contributed by atoms with Gasteiger partial charge in [-0.25, -0.2) is 0 Å².